The lowest BCUT2D eigenvalue weighted by molar-refractivity contribution is -0.167. The van der Waals surface area contributed by atoms with Crippen molar-refractivity contribution in [3.63, 3.8) is 0 Å². The molecule has 0 amide bonds. The summed E-state index contributed by atoms with van der Waals surface area (Å²) in [5, 5.41) is 26.1. The van der Waals surface area contributed by atoms with E-state index in [-0.39, 0.29) is 6.61 Å². The van der Waals surface area contributed by atoms with Crippen LogP contribution in [0.15, 0.2) is 66.7 Å². The van der Waals surface area contributed by atoms with Crippen molar-refractivity contribution in [3.05, 3.63) is 93.5 Å². The van der Waals surface area contributed by atoms with E-state index < -0.39 is 24.5 Å². The number of fused-ring (bicyclic) bond motifs is 1. The lowest BCUT2D eigenvalue weighted by Gasteiger charge is -2.33. The lowest BCUT2D eigenvalue weighted by Crippen LogP contribution is -2.37. The smallest absolute Gasteiger partial charge is 0.328 e. The number of carbonyl (C=O) groups excluding carboxylic acids is 1. The molecule has 0 spiro atoms. The van der Waals surface area contributed by atoms with E-state index in [1.807, 2.05) is 0 Å². The average molecular weight is 473 g/mol. The summed E-state index contributed by atoms with van der Waals surface area (Å²) in [6.07, 6.45) is -2.40. The number of benzene rings is 3. The summed E-state index contributed by atoms with van der Waals surface area (Å²) in [5.74, 6) is -0.599. The van der Waals surface area contributed by atoms with Crippen molar-refractivity contribution in [2.75, 3.05) is 11.9 Å². The number of esters is 1. The molecule has 0 fully saturated rings. The summed E-state index contributed by atoms with van der Waals surface area (Å²) < 4.78 is 5.34. The Bertz CT molecular complexity index is 1090. The maximum atomic E-state index is 13.1. The second-order valence-corrected chi connectivity index (χ2v) is 8.10. The molecule has 1 heterocycles. The predicted molar refractivity (Wildman–Crippen MR) is 124 cm³/mol. The number of anilines is 2. The largest absolute Gasteiger partial charge is 0.465 e. The van der Waals surface area contributed by atoms with Gasteiger partial charge in [-0.1, -0.05) is 71.7 Å². The van der Waals surface area contributed by atoms with Crippen molar-refractivity contribution in [1.29, 1.82) is 0 Å². The molecular formula is C24H22Cl2N2O4. The van der Waals surface area contributed by atoms with Crippen LogP contribution in [0.1, 0.15) is 42.1 Å². The zero-order valence-electron chi connectivity index (χ0n) is 17.2. The fourth-order valence-corrected chi connectivity index (χ4v) is 4.44. The van der Waals surface area contributed by atoms with Crippen LogP contribution >= 0.6 is 23.2 Å². The third-order valence-electron chi connectivity index (χ3n) is 5.40. The fraction of sp³-hybridized carbons (Fsp3) is 0.208. The molecule has 1 aliphatic rings. The molecular weight excluding hydrogens is 451 g/mol. The molecule has 32 heavy (non-hydrogen) atoms. The van der Waals surface area contributed by atoms with Gasteiger partial charge in [0.1, 0.15) is 18.5 Å². The van der Waals surface area contributed by atoms with Crippen molar-refractivity contribution in [3.8, 4) is 0 Å². The number of aliphatic hydroxyl groups excluding tert-OH is 2. The maximum Gasteiger partial charge on any atom is 0.328 e. The van der Waals surface area contributed by atoms with Gasteiger partial charge in [-0.05, 0) is 25.1 Å². The number of ether oxygens (including phenoxy) is 1. The first-order chi connectivity index (χ1) is 15.4. The summed E-state index contributed by atoms with van der Waals surface area (Å²) in [6, 6.07) is 18.1. The number of nitrogens with zero attached hydrogens (tertiary/aromatic N) is 1. The maximum absolute atomic E-state index is 13.1. The lowest BCUT2D eigenvalue weighted by atomic mass is 10.0. The summed E-state index contributed by atoms with van der Waals surface area (Å²) in [5.41, 5.74) is 2.59. The Morgan fingerprint density at radius 1 is 0.969 bits per heavy atom. The van der Waals surface area contributed by atoms with Crippen molar-refractivity contribution in [1.82, 2.24) is 4.90 Å². The van der Waals surface area contributed by atoms with Crippen LogP contribution in [0.5, 0.6) is 0 Å². The Hall–Kier alpha value is -2.61. The van der Waals surface area contributed by atoms with Crippen LogP contribution in [0.25, 0.3) is 0 Å². The minimum absolute atomic E-state index is 0.147. The molecule has 0 saturated heterocycles. The highest BCUT2D eigenvalue weighted by molar-refractivity contribution is 6.39. The molecule has 3 N–H and O–H groups in total. The molecule has 0 bridgehead atoms. The Morgan fingerprint density at radius 3 is 2.12 bits per heavy atom. The van der Waals surface area contributed by atoms with E-state index in [2.05, 4.69) is 5.32 Å². The van der Waals surface area contributed by atoms with Crippen molar-refractivity contribution >= 4 is 40.5 Å². The first-order valence-electron chi connectivity index (χ1n) is 10.1. The van der Waals surface area contributed by atoms with Gasteiger partial charge in [0.2, 0.25) is 0 Å². The molecule has 8 heteroatoms. The predicted octanol–water partition coefficient (Wildman–Crippen LogP) is 5.34. The molecule has 0 aromatic heterocycles. The van der Waals surface area contributed by atoms with Crippen LogP contribution < -0.4 is 5.32 Å². The van der Waals surface area contributed by atoms with Crippen LogP contribution in [0.3, 0.4) is 0 Å². The van der Waals surface area contributed by atoms with Crippen molar-refractivity contribution < 1.29 is 19.7 Å². The van der Waals surface area contributed by atoms with E-state index in [9.17, 15) is 15.0 Å². The first-order valence-corrected chi connectivity index (χ1v) is 10.9. The molecule has 3 aromatic rings. The molecule has 3 atom stereocenters. The van der Waals surface area contributed by atoms with E-state index in [0.29, 0.717) is 38.1 Å². The second kappa shape index (κ2) is 9.48. The highest BCUT2D eigenvalue weighted by Crippen LogP contribution is 2.46. The molecule has 0 aliphatic carbocycles. The minimum Gasteiger partial charge on any atom is -0.465 e. The van der Waals surface area contributed by atoms with E-state index >= 15 is 0 Å². The molecule has 4 rings (SSSR count). The van der Waals surface area contributed by atoms with Crippen LogP contribution in [-0.4, -0.2) is 27.7 Å². The number of para-hydroxylation sites is 2. The van der Waals surface area contributed by atoms with Gasteiger partial charge in [-0.3, -0.25) is 0 Å². The summed E-state index contributed by atoms with van der Waals surface area (Å²) in [7, 11) is 0. The van der Waals surface area contributed by atoms with Gasteiger partial charge in [0.15, 0.2) is 0 Å². The Morgan fingerprint density at radius 2 is 1.53 bits per heavy atom. The molecule has 1 aliphatic heterocycles. The third-order valence-corrected chi connectivity index (χ3v) is 6.03. The van der Waals surface area contributed by atoms with Gasteiger partial charge in [-0.2, -0.15) is 0 Å². The number of hydrogen-bond donors (Lipinski definition) is 3. The molecule has 0 saturated carbocycles. The van der Waals surface area contributed by atoms with Gasteiger partial charge in [0.25, 0.3) is 0 Å². The molecule has 6 nitrogen and oxygen atoms in total. The zero-order chi connectivity index (χ0) is 22.8. The van der Waals surface area contributed by atoms with Gasteiger partial charge >= 0.3 is 5.97 Å². The highest BCUT2D eigenvalue weighted by atomic mass is 35.5. The average Bonchev–Trinajstić information content (AvgIpc) is 3.03. The second-order valence-electron chi connectivity index (χ2n) is 7.29. The zero-order valence-corrected chi connectivity index (χ0v) is 18.7. The topological polar surface area (TPSA) is 82.0 Å². The van der Waals surface area contributed by atoms with E-state index in [1.54, 1.807) is 73.7 Å². The van der Waals surface area contributed by atoms with Gasteiger partial charge in [-0.15, -0.1) is 0 Å². The van der Waals surface area contributed by atoms with E-state index in [0.717, 1.165) is 0 Å². The Kier molecular flexibility index (Phi) is 6.69. The molecule has 3 aromatic carbocycles. The third kappa shape index (κ3) is 4.08. The monoisotopic (exact) mass is 472 g/mol. The number of nitrogens with one attached hydrogen (secondary N) is 1. The quantitative estimate of drug-likeness (QED) is 0.420. The molecule has 0 radical (unpaired) electrons. The summed E-state index contributed by atoms with van der Waals surface area (Å²) >= 11 is 12.7. The summed E-state index contributed by atoms with van der Waals surface area (Å²) in [6.45, 7) is 1.85. The number of aliphatic hydroxyl groups is 2. The van der Waals surface area contributed by atoms with Crippen molar-refractivity contribution in [2.24, 2.45) is 0 Å². The Balaban J connectivity index is 1.80. The van der Waals surface area contributed by atoms with Crippen molar-refractivity contribution in [2.45, 2.75) is 25.4 Å². The van der Waals surface area contributed by atoms with Crippen LogP contribution in [0.4, 0.5) is 11.4 Å². The Labute approximate surface area is 196 Å². The summed E-state index contributed by atoms with van der Waals surface area (Å²) in [4.78, 5) is 14.5. The van der Waals surface area contributed by atoms with Crippen LogP contribution in [0.2, 0.25) is 10.0 Å². The fourth-order valence-electron chi connectivity index (χ4n) is 3.95. The van der Waals surface area contributed by atoms with Crippen LogP contribution in [-0.2, 0) is 9.53 Å². The van der Waals surface area contributed by atoms with Gasteiger partial charge in [0.05, 0.1) is 22.3 Å². The van der Waals surface area contributed by atoms with Gasteiger partial charge in [-0.25, -0.2) is 9.69 Å². The number of halogens is 2. The normalized spacial score (nSPS) is 18.8. The van der Waals surface area contributed by atoms with E-state index in [1.165, 1.54) is 4.90 Å². The highest BCUT2D eigenvalue weighted by Gasteiger charge is 2.45. The standard InChI is InChI=1S/C24H22Cl2N2O4/c1-2-32-24(31)21(28-22(29)14-8-3-4-9-15(14)23(28)30)16-10-5-6-13-19(16)27-20-17(25)11-7-12-18(20)26/h3-13,21-23,27,29-30H,2H2,1H3. The van der Waals surface area contributed by atoms with Gasteiger partial charge < -0.3 is 20.3 Å². The minimum atomic E-state index is -1.20. The molecule has 3 unspecified atom stereocenters. The number of rotatable bonds is 6. The van der Waals surface area contributed by atoms with E-state index in [4.69, 9.17) is 27.9 Å². The van der Waals surface area contributed by atoms with Crippen LogP contribution in [0, 0.1) is 0 Å². The number of hydrogen-bond acceptors (Lipinski definition) is 6. The number of carbonyl (C=O) groups is 1. The van der Waals surface area contributed by atoms with Gasteiger partial charge in [0, 0.05) is 22.4 Å². The SMILES string of the molecule is CCOC(=O)C(c1ccccc1Nc1c(Cl)cccc1Cl)N1C(O)c2ccccc2C1O. The molecule has 166 valence electrons. The first kappa shape index (κ1) is 22.6.